The lowest BCUT2D eigenvalue weighted by molar-refractivity contribution is -0.141. The predicted molar refractivity (Wildman–Crippen MR) is 145 cm³/mol. The first-order chi connectivity index (χ1) is 18.4. The maximum atomic E-state index is 13.4. The Morgan fingerprint density at radius 2 is 1.74 bits per heavy atom. The zero-order chi connectivity index (χ0) is 28.5. The van der Waals surface area contributed by atoms with E-state index in [9.17, 15) is 27.3 Å². The molecule has 1 fully saturated rings. The molecule has 1 aliphatic heterocycles. The molecule has 4 rings (SSSR count). The number of piperazine rings is 1. The maximum absolute atomic E-state index is 13.4. The molecule has 0 radical (unpaired) electrons. The first-order valence-corrected chi connectivity index (χ1v) is 14.0. The number of alkyl halides is 3. The normalized spacial score (nSPS) is 18.7. The second kappa shape index (κ2) is 11.8. The molecule has 0 N–H and O–H groups in total. The minimum atomic E-state index is -4.63. The van der Waals surface area contributed by atoms with Crippen molar-refractivity contribution in [2.75, 3.05) is 23.7 Å². The molecule has 3 atom stereocenters. The van der Waals surface area contributed by atoms with Crippen molar-refractivity contribution < 1.29 is 27.3 Å². The van der Waals surface area contributed by atoms with E-state index in [1.54, 1.807) is 11.0 Å². The van der Waals surface area contributed by atoms with Crippen LogP contribution in [0.3, 0.4) is 0 Å². The van der Waals surface area contributed by atoms with Crippen LogP contribution in [0, 0.1) is 0 Å². The molecule has 0 saturated carbocycles. The van der Waals surface area contributed by atoms with Gasteiger partial charge in [-0.05, 0) is 73.6 Å². The van der Waals surface area contributed by atoms with Crippen molar-refractivity contribution in [2.45, 2.75) is 37.0 Å². The summed E-state index contributed by atoms with van der Waals surface area (Å²) in [6, 6.07) is 13.5. The highest BCUT2D eigenvalue weighted by Crippen LogP contribution is 2.30. The number of ketones is 1. The lowest BCUT2D eigenvalue weighted by Crippen LogP contribution is -2.59. The van der Waals surface area contributed by atoms with Gasteiger partial charge in [0.15, 0.2) is 10.6 Å². The Kier molecular flexibility index (Phi) is 8.80. The number of amides is 1. The number of hydrogen-bond donors (Lipinski definition) is 0. The number of Topliss-reactive ketones (excluding diaryl/α,β-unsaturated/α-hetero) is 1. The molecule has 2 heterocycles. The molecule has 0 aliphatic carbocycles. The van der Waals surface area contributed by atoms with Gasteiger partial charge in [0.1, 0.15) is 5.69 Å². The summed E-state index contributed by atoms with van der Waals surface area (Å²) in [6.45, 7) is 5.08. The van der Waals surface area contributed by atoms with Gasteiger partial charge >= 0.3 is 6.18 Å². The van der Waals surface area contributed by atoms with Gasteiger partial charge in [0, 0.05) is 53.2 Å². The first kappa shape index (κ1) is 29.2. The topological polar surface area (TPSA) is 76.6 Å². The summed E-state index contributed by atoms with van der Waals surface area (Å²) < 4.78 is 50.9. The van der Waals surface area contributed by atoms with E-state index in [0.29, 0.717) is 29.7 Å². The Hall–Kier alpha value is -2.79. The second-order valence-electron chi connectivity index (χ2n) is 9.14. The van der Waals surface area contributed by atoms with Gasteiger partial charge in [0.05, 0.1) is 5.02 Å². The van der Waals surface area contributed by atoms with Crippen molar-refractivity contribution in [3.05, 3.63) is 87.7 Å². The Morgan fingerprint density at radius 1 is 1.03 bits per heavy atom. The predicted octanol–water partition coefficient (Wildman–Crippen LogP) is 6.14. The number of aromatic nitrogens is 1. The molecule has 39 heavy (non-hydrogen) atoms. The van der Waals surface area contributed by atoms with Gasteiger partial charge in [-0.2, -0.15) is 13.2 Å². The van der Waals surface area contributed by atoms with Crippen molar-refractivity contribution in [2.24, 2.45) is 0 Å². The number of pyridine rings is 1. The molecule has 1 aliphatic rings. The zero-order valence-corrected chi connectivity index (χ0v) is 23.2. The molecule has 2 unspecified atom stereocenters. The van der Waals surface area contributed by atoms with Gasteiger partial charge < -0.3 is 14.4 Å². The van der Waals surface area contributed by atoms with Crippen LogP contribution in [0.4, 0.5) is 18.9 Å². The van der Waals surface area contributed by atoms with Crippen LogP contribution in [0.15, 0.2) is 65.7 Å². The summed E-state index contributed by atoms with van der Waals surface area (Å²) in [5.74, 6) is -1.38. The van der Waals surface area contributed by atoms with Crippen molar-refractivity contribution in [3.8, 4) is 0 Å². The van der Waals surface area contributed by atoms with E-state index >= 15 is 0 Å². The highest BCUT2D eigenvalue weighted by molar-refractivity contribution is 7.92. The third-order valence-electron chi connectivity index (χ3n) is 6.73. The standard InChI is InChI=1S/C27H24Cl2F3N3O3S/c1-16-17(2)35(11-10-34(16)21-5-3-4-20(28)13-21)26(37)18-6-8-24(22(29)12-18)39(38)15-23(36)19-7-9-25(33-14-19)27(30,31)32/h3-9,12-14,16-17H,10-11,15H2,1-2H3/t16?,17-,39?/m0/s1. The summed E-state index contributed by atoms with van der Waals surface area (Å²) in [6.07, 6.45) is -3.82. The van der Waals surface area contributed by atoms with Gasteiger partial charge in [-0.3, -0.25) is 14.6 Å². The smallest absolute Gasteiger partial charge is 0.433 e. The molecule has 12 heteroatoms. The first-order valence-electron chi connectivity index (χ1n) is 11.9. The van der Waals surface area contributed by atoms with Crippen molar-refractivity contribution >= 4 is 51.8 Å². The molecule has 206 valence electrons. The summed E-state index contributed by atoms with van der Waals surface area (Å²) in [5.41, 5.74) is 0.0667. The monoisotopic (exact) mass is 597 g/mol. The van der Waals surface area contributed by atoms with Crippen LogP contribution in [0.1, 0.15) is 40.3 Å². The Labute approximate surface area is 236 Å². The second-order valence-corrected chi connectivity index (χ2v) is 11.4. The van der Waals surface area contributed by atoms with Crippen molar-refractivity contribution in [3.63, 3.8) is 0 Å². The quantitative estimate of drug-likeness (QED) is 0.252. The maximum Gasteiger partial charge on any atom is 0.433 e. The molecule has 0 spiro atoms. The summed E-state index contributed by atoms with van der Waals surface area (Å²) in [5, 5.41) is 0.687. The number of anilines is 1. The molecule has 0 bridgehead atoms. The minimum Gasteiger partial charge on any atom is -0.611 e. The van der Waals surface area contributed by atoms with E-state index in [4.69, 9.17) is 23.2 Å². The van der Waals surface area contributed by atoms with Crippen LogP contribution in [0.25, 0.3) is 0 Å². The highest BCUT2D eigenvalue weighted by Gasteiger charge is 2.35. The van der Waals surface area contributed by atoms with E-state index in [0.717, 1.165) is 18.0 Å². The summed E-state index contributed by atoms with van der Waals surface area (Å²) in [7, 11) is 0. The zero-order valence-electron chi connectivity index (χ0n) is 20.9. The molecule has 2 aromatic carbocycles. The van der Waals surface area contributed by atoms with Crippen LogP contribution in [0.2, 0.25) is 10.0 Å². The van der Waals surface area contributed by atoms with Gasteiger partial charge in [0.25, 0.3) is 5.91 Å². The SMILES string of the molecule is CC1[C@H](C)N(C(=O)c2ccc([S+]([O-])CC(=O)c3ccc(C(F)(F)F)nc3)c(Cl)c2)CCN1c1cccc(Cl)c1. The van der Waals surface area contributed by atoms with Crippen LogP contribution in [-0.4, -0.2) is 57.1 Å². The van der Waals surface area contributed by atoms with Crippen LogP contribution in [0.5, 0.6) is 0 Å². The number of hydrogen-bond acceptors (Lipinski definition) is 5. The number of carbonyl (C=O) groups is 2. The van der Waals surface area contributed by atoms with Gasteiger partial charge in [0.2, 0.25) is 5.78 Å². The minimum absolute atomic E-state index is 0.00844. The molecular formula is C27H24Cl2F3N3O3S. The molecular weight excluding hydrogens is 574 g/mol. The Bertz CT molecular complexity index is 1370. The largest absolute Gasteiger partial charge is 0.611 e. The van der Waals surface area contributed by atoms with Gasteiger partial charge in [-0.25, -0.2) is 0 Å². The van der Waals surface area contributed by atoms with Crippen molar-refractivity contribution in [1.29, 1.82) is 0 Å². The number of halogens is 5. The highest BCUT2D eigenvalue weighted by atomic mass is 35.5. The third-order valence-corrected chi connectivity index (χ3v) is 8.76. The molecule has 1 amide bonds. The average molecular weight is 598 g/mol. The lowest BCUT2D eigenvalue weighted by atomic mass is 10.0. The molecule has 1 aromatic heterocycles. The number of rotatable bonds is 6. The molecule has 3 aromatic rings. The van der Waals surface area contributed by atoms with Crippen LogP contribution >= 0.6 is 23.2 Å². The number of nitrogens with zero attached hydrogens (tertiary/aromatic N) is 3. The van der Waals surface area contributed by atoms with E-state index in [-0.39, 0.29) is 33.5 Å². The fourth-order valence-corrected chi connectivity index (χ4v) is 6.12. The van der Waals surface area contributed by atoms with Gasteiger partial charge in [-0.1, -0.05) is 29.3 Å². The van der Waals surface area contributed by atoms with Crippen LogP contribution in [-0.2, 0) is 17.4 Å². The third kappa shape index (κ3) is 6.51. The lowest BCUT2D eigenvalue weighted by Gasteiger charge is -2.46. The molecule has 6 nitrogen and oxygen atoms in total. The van der Waals surface area contributed by atoms with E-state index in [2.05, 4.69) is 9.88 Å². The Morgan fingerprint density at radius 3 is 2.36 bits per heavy atom. The van der Waals surface area contributed by atoms with E-state index in [1.807, 2.05) is 32.0 Å². The molecule has 1 saturated heterocycles. The van der Waals surface area contributed by atoms with E-state index in [1.165, 1.54) is 18.2 Å². The van der Waals surface area contributed by atoms with Gasteiger partial charge in [-0.15, -0.1) is 0 Å². The number of benzene rings is 2. The fraction of sp³-hybridized carbons (Fsp3) is 0.296. The number of carbonyl (C=O) groups excluding carboxylic acids is 2. The average Bonchev–Trinajstić information content (AvgIpc) is 2.89. The van der Waals surface area contributed by atoms with Crippen LogP contribution < -0.4 is 4.90 Å². The summed E-state index contributed by atoms with van der Waals surface area (Å²) in [4.78, 5) is 33.2. The fourth-order valence-electron chi connectivity index (χ4n) is 4.44. The van der Waals surface area contributed by atoms with Crippen molar-refractivity contribution in [1.82, 2.24) is 9.88 Å². The Balaban J connectivity index is 1.43. The van der Waals surface area contributed by atoms with E-state index < -0.39 is 34.6 Å². The summed E-state index contributed by atoms with van der Waals surface area (Å²) >= 11 is 10.6.